The fraction of sp³-hybridized carbons (Fsp3) is 0.261. The minimum absolute atomic E-state index is 0.172. The van der Waals surface area contributed by atoms with E-state index in [0.29, 0.717) is 11.1 Å². The van der Waals surface area contributed by atoms with Gasteiger partial charge in [0.2, 0.25) is 5.91 Å². The van der Waals surface area contributed by atoms with Crippen molar-refractivity contribution in [1.29, 1.82) is 0 Å². The summed E-state index contributed by atoms with van der Waals surface area (Å²) >= 11 is 0. The molecule has 1 amide bonds. The van der Waals surface area contributed by atoms with Crippen molar-refractivity contribution in [2.45, 2.75) is 32.7 Å². The second-order valence-electron chi connectivity index (χ2n) is 7.10. The fourth-order valence-corrected chi connectivity index (χ4v) is 3.11. The summed E-state index contributed by atoms with van der Waals surface area (Å²) in [5.41, 5.74) is -1.13. The second kappa shape index (κ2) is 9.76. The molecule has 0 unspecified atom stereocenters. The number of pyridine rings is 1. The zero-order valence-corrected chi connectivity index (χ0v) is 17.8. The van der Waals surface area contributed by atoms with Gasteiger partial charge >= 0.3 is 12.1 Å². The molecule has 0 spiro atoms. The number of rotatable bonds is 7. The molecule has 0 radical (unpaired) electrons. The van der Waals surface area contributed by atoms with Gasteiger partial charge in [0.15, 0.2) is 6.10 Å². The van der Waals surface area contributed by atoms with Gasteiger partial charge in [-0.25, -0.2) is 4.79 Å². The Morgan fingerprint density at radius 1 is 1.06 bits per heavy atom. The Kier molecular flexibility index (Phi) is 7.05. The zero-order valence-electron chi connectivity index (χ0n) is 17.8. The molecule has 0 saturated heterocycles. The highest BCUT2D eigenvalue weighted by atomic mass is 19.4. The SMILES string of the molecule is CCOC(=O)[C@@H](C)Oc1cccc2c(=O)n(CC(=O)Nc3ccc(C(F)(F)F)cc3)ccc12. The average molecular weight is 462 g/mol. The maximum atomic E-state index is 12.9. The monoisotopic (exact) mass is 462 g/mol. The van der Waals surface area contributed by atoms with Crippen LogP contribution in [0.1, 0.15) is 19.4 Å². The van der Waals surface area contributed by atoms with Crippen LogP contribution in [-0.4, -0.2) is 29.2 Å². The van der Waals surface area contributed by atoms with Gasteiger partial charge in [0.25, 0.3) is 5.56 Å². The molecule has 0 saturated carbocycles. The largest absolute Gasteiger partial charge is 0.478 e. The molecule has 1 N–H and O–H groups in total. The maximum Gasteiger partial charge on any atom is 0.416 e. The van der Waals surface area contributed by atoms with Gasteiger partial charge in [0.05, 0.1) is 17.6 Å². The topological polar surface area (TPSA) is 86.6 Å². The number of nitrogens with zero attached hydrogens (tertiary/aromatic N) is 1. The van der Waals surface area contributed by atoms with Gasteiger partial charge in [-0.15, -0.1) is 0 Å². The molecule has 0 aliphatic heterocycles. The van der Waals surface area contributed by atoms with Crippen LogP contribution in [0.3, 0.4) is 0 Å². The van der Waals surface area contributed by atoms with E-state index in [9.17, 15) is 27.6 Å². The molecular weight excluding hydrogens is 441 g/mol. The maximum absolute atomic E-state index is 12.9. The predicted molar refractivity (Wildman–Crippen MR) is 115 cm³/mol. The van der Waals surface area contributed by atoms with E-state index in [-0.39, 0.29) is 24.2 Å². The minimum atomic E-state index is -4.47. The quantitative estimate of drug-likeness (QED) is 0.537. The number of amides is 1. The highest BCUT2D eigenvalue weighted by molar-refractivity contribution is 5.91. The van der Waals surface area contributed by atoms with Crippen LogP contribution in [0.4, 0.5) is 18.9 Å². The van der Waals surface area contributed by atoms with Crippen LogP contribution in [0.5, 0.6) is 5.75 Å². The van der Waals surface area contributed by atoms with E-state index in [2.05, 4.69) is 5.32 Å². The van der Waals surface area contributed by atoms with Crippen LogP contribution >= 0.6 is 0 Å². The summed E-state index contributed by atoms with van der Waals surface area (Å²) in [6.07, 6.45) is -3.95. The summed E-state index contributed by atoms with van der Waals surface area (Å²) in [5.74, 6) is -0.811. The molecule has 0 aliphatic rings. The first-order valence-corrected chi connectivity index (χ1v) is 10.0. The van der Waals surface area contributed by atoms with E-state index >= 15 is 0 Å². The summed E-state index contributed by atoms with van der Waals surface area (Å²) < 4.78 is 49.7. The number of carbonyl (C=O) groups excluding carboxylic acids is 2. The lowest BCUT2D eigenvalue weighted by atomic mass is 10.1. The molecule has 1 aromatic heterocycles. The Hall–Kier alpha value is -3.82. The third-order valence-corrected chi connectivity index (χ3v) is 4.71. The molecule has 1 atom stereocenters. The number of alkyl halides is 3. The molecule has 7 nitrogen and oxygen atoms in total. The average Bonchev–Trinajstić information content (AvgIpc) is 2.76. The molecule has 174 valence electrons. The van der Waals surface area contributed by atoms with E-state index in [1.54, 1.807) is 31.2 Å². The first kappa shape index (κ1) is 23.8. The minimum Gasteiger partial charge on any atom is -0.478 e. The second-order valence-corrected chi connectivity index (χ2v) is 7.10. The van der Waals surface area contributed by atoms with Crippen molar-refractivity contribution < 1.29 is 32.2 Å². The van der Waals surface area contributed by atoms with Crippen molar-refractivity contribution in [3.05, 3.63) is 70.6 Å². The highest BCUT2D eigenvalue weighted by Crippen LogP contribution is 2.30. The first-order valence-electron chi connectivity index (χ1n) is 10.0. The summed E-state index contributed by atoms with van der Waals surface area (Å²) in [7, 11) is 0. The number of anilines is 1. The van der Waals surface area contributed by atoms with E-state index in [0.717, 1.165) is 24.3 Å². The van der Waals surface area contributed by atoms with Crippen molar-refractivity contribution in [1.82, 2.24) is 4.57 Å². The van der Waals surface area contributed by atoms with E-state index in [1.165, 1.54) is 17.7 Å². The normalized spacial score (nSPS) is 12.3. The fourth-order valence-electron chi connectivity index (χ4n) is 3.11. The number of benzene rings is 2. The van der Waals surface area contributed by atoms with E-state index in [4.69, 9.17) is 9.47 Å². The van der Waals surface area contributed by atoms with Crippen LogP contribution in [0.15, 0.2) is 59.5 Å². The number of esters is 1. The van der Waals surface area contributed by atoms with Gasteiger partial charge in [0, 0.05) is 17.3 Å². The molecule has 1 heterocycles. The Morgan fingerprint density at radius 2 is 1.76 bits per heavy atom. The molecule has 0 bridgehead atoms. The molecule has 3 rings (SSSR count). The number of hydrogen-bond acceptors (Lipinski definition) is 5. The van der Waals surface area contributed by atoms with Gasteiger partial charge in [-0.1, -0.05) is 6.07 Å². The Bertz CT molecular complexity index is 1220. The first-order chi connectivity index (χ1) is 15.6. The number of aromatic nitrogens is 1. The molecule has 0 fully saturated rings. The lowest BCUT2D eigenvalue weighted by Gasteiger charge is -2.15. The van der Waals surface area contributed by atoms with Crippen molar-refractivity contribution in [2.24, 2.45) is 0 Å². The van der Waals surface area contributed by atoms with Crippen LogP contribution in [-0.2, 0) is 27.0 Å². The molecule has 2 aromatic carbocycles. The molecule has 3 aromatic rings. The number of halogens is 3. The van der Waals surface area contributed by atoms with Gasteiger partial charge in [-0.3, -0.25) is 9.59 Å². The molecule has 10 heteroatoms. The Labute approximate surface area is 186 Å². The van der Waals surface area contributed by atoms with Crippen molar-refractivity contribution >= 4 is 28.3 Å². The van der Waals surface area contributed by atoms with Crippen LogP contribution in [0.2, 0.25) is 0 Å². The predicted octanol–water partition coefficient (Wildman–Crippen LogP) is 3.99. The van der Waals surface area contributed by atoms with Crippen molar-refractivity contribution in [3.8, 4) is 5.75 Å². The van der Waals surface area contributed by atoms with Crippen LogP contribution in [0, 0.1) is 0 Å². The summed E-state index contributed by atoms with van der Waals surface area (Å²) in [6, 6.07) is 10.3. The van der Waals surface area contributed by atoms with Crippen molar-refractivity contribution in [3.63, 3.8) is 0 Å². The third kappa shape index (κ3) is 5.71. The van der Waals surface area contributed by atoms with Gasteiger partial charge < -0.3 is 19.4 Å². The standard InChI is InChI=1S/C23H21F3N2O5/c1-3-32-22(31)14(2)33-19-6-4-5-18-17(19)11-12-28(21(18)30)13-20(29)27-16-9-7-15(8-10-16)23(24,25)26/h4-12,14H,3,13H2,1-2H3,(H,27,29)/t14-/m1/s1. The Morgan fingerprint density at radius 3 is 2.39 bits per heavy atom. The molecular formula is C23H21F3N2O5. The highest BCUT2D eigenvalue weighted by Gasteiger charge is 2.30. The van der Waals surface area contributed by atoms with Crippen molar-refractivity contribution in [2.75, 3.05) is 11.9 Å². The van der Waals surface area contributed by atoms with Gasteiger partial charge in [-0.2, -0.15) is 13.2 Å². The number of carbonyl (C=O) groups is 2. The summed E-state index contributed by atoms with van der Waals surface area (Å²) in [4.78, 5) is 37.0. The van der Waals surface area contributed by atoms with Crippen LogP contribution in [0.25, 0.3) is 10.8 Å². The number of fused-ring (bicyclic) bond motifs is 1. The lowest BCUT2D eigenvalue weighted by molar-refractivity contribution is -0.150. The summed E-state index contributed by atoms with van der Waals surface area (Å²) in [6.45, 7) is 3.07. The van der Waals surface area contributed by atoms with E-state index in [1.807, 2.05) is 0 Å². The van der Waals surface area contributed by atoms with Gasteiger partial charge in [-0.05, 0) is 56.3 Å². The smallest absolute Gasteiger partial charge is 0.416 e. The van der Waals surface area contributed by atoms with Gasteiger partial charge in [0.1, 0.15) is 12.3 Å². The number of hydrogen-bond donors (Lipinski definition) is 1. The molecule has 0 aliphatic carbocycles. The zero-order chi connectivity index (χ0) is 24.2. The lowest BCUT2D eigenvalue weighted by Crippen LogP contribution is -2.28. The van der Waals surface area contributed by atoms with Crippen LogP contribution < -0.4 is 15.6 Å². The number of ether oxygens (including phenoxy) is 2. The van der Waals surface area contributed by atoms with E-state index < -0.39 is 35.3 Å². The molecule has 33 heavy (non-hydrogen) atoms. The summed E-state index contributed by atoms with van der Waals surface area (Å²) in [5, 5.41) is 3.19. The number of nitrogens with one attached hydrogen (secondary N) is 1. The Balaban J connectivity index is 1.76. The third-order valence-electron chi connectivity index (χ3n) is 4.71.